The molecule has 1 aromatic rings. The molecule has 2 fully saturated rings. The van der Waals surface area contributed by atoms with Crippen molar-refractivity contribution in [2.45, 2.75) is 12.8 Å². The van der Waals surface area contributed by atoms with E-state index in [9.17, 15) is 9.59 Å². The van der Waals surface area contributed by atoms with Crippen molar-refractivity contribution < 1.29 is 9.59 Å². The van der Waals surface area contributed by atoms with Crippen molar-refractivity contribution in [3.8, 4) is 0 Å². The summed E-state index contributed by atoms with van der Waals surface area (Å²) in [5.41, 5.74) is 0.250. The standard InChI is InChI=1S/C13H15ClN4O2/c14-11-8-15-7-10(16-11)13(20)18-5-3-17(4-6-18)12(19)9-1-2-9/h7-9H,1-6H2. The molecule has 1 aliphatic carbocycles. The van der Waals surface area contributed by atoms with Gasteiger partial charge in [0.05, 0.1) is 12.4 Å². The van der Waals surface area contributed by atoms with Crippen LogP contribution < -0.4 is 0 Å². The van der Waals surface area contributed by atoms with Crippen molar-refractivity contribution in [3.05, 3.63) is 23.2 Å². The first kappa shape index (κ1) is 13.3. The highest BCUT2D eigenvalue weighted by molar-refractivity contribution is 6.29. The molecule has 106 valence electrons. The second-order valence-electron chi connectivity index (χ2n) is 5.12. The molecule has 3 rings (SSSR count). The molecule has 20 heavy (non-hydrogen) atoms. The van der Waals surface area contributed by atoms with E-state index in [1.807, 2.05) is 4.90 Å². The van der Waals surface area contributed by atoms with Crippen molar-refractivity contribution in [3.63, 3.8) is 0 Å². The van der Waals surface area contributed by atoms with Gasteiger partial charge in [-0.3, -0.25) is 14.6 Å². The zero-order valence-corrected chi connectivity index (χ0v) is 11.7. The maximum atomic E-state index is 12.2. The van der Waals surface area contributed by atoms with Gasteiger partial charge in [-0.1, -0.05) is 11.6 Å². The van der Waals surface area contributed by atoms with Gasteiger partial charge in [0.2, 0.25) is 5.91 Å². The van der Waals surface area contributed by atoms with Gasteiger partial charge in [0.25, 0.3) is 5.91 Å². The van der Waals surface area contributed by atoms with E-state index in [2.05, 4.69) is 9.97 Å². The molecule has 0 N–H and O–H groups in total. The molecule has 1 saturated heterocycles. The summed E-state index contributed by atoms with van der Waals surface area (Å²) in [5, 5.41) is 0.207. The number of amides is 2. The summed E-state index contributed by atoms with van der Waals surface area (Å²) in [4.78, 5) is 35.6. The van der Waals surface area contributed by atoms with Crippen LogP contribution >= 0.6 is 11.6 Å². The molecule has 7 heteroatoms. The first-order valence-corrected chi connectivity index (χ1v) is 7.08. The third kappa shape index (κ3) is 2.75. The number of rotatable bonds is 2. The summed E-state index contributed by atoms with van der Waals surface area (Å²) in [6, 6.07) is 0. The number of carbonyl (C=O) groups is 2. The maximum absolute atomic E-state index is 12.2. The molecule has 1 aromatic heterocycles. The fraction of sp³-hybridized carbons (Fsp3) is 0.538. The lowest BCUT2D eigenvalue weighted by molar-refractivity contribution is -0.134. The molecule has 1 aliphatic heterocycles. The Balaban J connectivity index is 1.60. The van der Waals surface area contributed by atoms with Crippen LogP contribution in [0.1, 0.15) is 23.3 Å². The second-order valence-corrected chi connectivity index (χ2v) is 5.51. The largest absolute Gasteiger partial charge is 0.339 e. The van der Waals surface area contributed by atoms with Gasteiger partial charge in [-0.2, -0.15) is 0 Å². The summed E-state index contributed by atoms with van der Waals surface area (Å²) in [5.74, 6) is 0.286. The minimum atomic E-state index is -0.182. The van der Waals surface area contributed by atoms with Crippen molar-refractivity contribution in [1.29, 1.82) is 0 Å². The van der Waals surface area contributed by atoms with E-state index in [0.29, 0.717) is 26.2 Å². The van der Waals surface area contributed by atoms with Crippen molar-refractivity contribution >= 4 is 23.4 Å². The molecule has 1 saturated carbocycles. The van der Waals surface area contributed by atoms with Crippen molar-refractivity contribution in [2.24, 2.45) is 5.92 Å². The Labute approximate surface area is 121 Å². The molecule has 0 unspecified atom stereocenters. The van der Waals surface area contributed by atoms with Gasteiger partial charge >= 0.3 is 0 Å². The normalized spacial score (nSPS) is 19.1. The van der Waals surface area contributed by atoms with Crippen LogP contribution in [0.15, 0.2) is 12.4 Å². The predicted octanol–water partition coefficient (Wildman–Crippen LogP) is 0.824. The zero-order chi connectivity index (χ0) is 14.1. The van der Waals surface area contributed by atoms with Crippen LogP contribution in [-0.2, 0) is 4.79 Å². The number of carbonyl (C=O) groups excluding carboxylic acids is 2. The Kier molecular flexibility index (Phi) is 3.56. The summed E-state index contributed by atoms with van der Waals surface area (Å²) >= 11 is 5.74. The minimum Gasteiger partial charge on any atom is -0.339 e. The highest BCUT2D eigenvalue weighted by atomic mass is 35.5. The second kappa shape index (κ2) is 5.36. The third-order valence-corrected chi connectivity index (χ3v) is 3.81. The number of hydrogen-bond donors (Lipinski definition) is 0. The van der Waals surface area contributed by atoms with Gasteiger partial charge in [0, 0.05) is 32.1 Å². The number of aromatic nitrogens is 2. The molecule has 0 spiro atoms. The number of nitrogens with zero attached hydrogens (tertiary/aromatic N) is 4. The highest BCUT2D eigenvalue weighted by Gasteiger charge is 2.35. The van der Waals surface area contributed by atoms with Gasteiger partial charge in [-0.05, 0) is 12.8 Å². The summed E-state index contributed by atoms with van der Waals surface area (Å²) in [7, 11) is 0. The smallest absolute Gasteiger partial charge is 0.274 e. The van der Waals surface area contributed by atoms with E-state index in [1.165, 1.54) is 12.4 Å². The van der Waals surface area contributed by atoms with Crippen LogP contribution in [0.5, 0.6) is 0 Å². The monoisotopic (exact) mass is 294 g/mol. The lowest BCUT2D eigenvalue weighted by Gasteiger charge is -2.34. The fourth-order valence-corrected chi connectivity index (χ4v) is 2.47. The highest BCUT2D eigenvalue weighted by Crippen LogP contribution is 2.31. The van der Waals surface area contributed by atoms with Gasteiger partial charge in [0.15, 0.2) is 0 Å². The van der Waals surface area contributed by atoms with Gasteiger partial charge < -0.3 is 9.80 Å². The van der Waals surface area contributed by atoms with Crippen LogP contribution in [-0.4, -0.2) is 57.8 Å². The Bertz CT molecular complexity index is 539. The Hall–Kier alpha value is -1.69. The molecule has 0 atom stereocenters. The topological polar surface area (TPSA) is 66.4 Å². The molecule has 6 nitrogen and oxygen atoms in total. The van der Waals surface area contributed by atoms with Gasteiger partial charge in [-0.25, -0.2) is 4.98 Å². The van der Waals surface area contributed by atoms with Crippen LogP contribution in [0.3, 0.4) is 0 Å². The Morgan fingerprint density at radius 3 is 2.35 bits per heavy atom. The van der Waals surface area contributed by atoms with Crippen LogP contribution in [0.25, 0.3) is 0 Å². The SMILES string of the molecule is O=C(c1cncc(Cl)n1)N1CCN(C(=O)C2CC2)CC1. The zero-order valence-electron chi connectivity index (χ0n) is 11.0. The van der Waals surface area contributed by atoms with E-state index in [1.54, 1.807) is 4.90 Å². The molecule has 2 heterocycles. The number of hydrogen-bond acceptors (Lipinski definition) is 4. The van der Waals surface area contributed by atoms with Crippen LogP contribution in [0.2, 0.25) is 5.15 Å². The molecule has 2 amide bonds. The predicted molar refractivity (Wildman–Crippen MR) is 72.2 cm³/mol. The summed E-state index contributed by atoms with van der Waals surface area (Å²) in [6.07, 6.45) is 4.83. The molecular weight excluding hydrogens is 280 g/mol. The third-order valence-electron chi connectivity index (χ3n) is 3.63. The fourth-order valence-electron chi connectivity index (χ4n) is 2.33. The Morgan fingerprint density at radius 2 is 1.75 bits per heavy atom. The maximum Gasteiger partial charge on any atom is 0.274 e. The number of halogens is 1. The van der Waals surface area contributed by atoms with Gasteiger partial charge in [0.1, 0.15) is 10.8 Å². The summed E-state index contributed by atoms with van der Waals surface area (Å²) in [6.45, 7) is 2.25. The average Bonchev–Trinajstić information content (AvgIpc) is 3.30. The van der Waals surface area contributed by atoms with E-state index < -0.39 is 0 Å². The summed E-state index contributed by atoms with van der Waals surface area (Å²) < 4.78 is 0. The molecular formula is C13H15ClN4O2. The van der Waals surface area contributed by atoms with Crippen molar-refractivity contribution in [2.75, 3.05) is 26.2 Å². The minimum absolute atomic E-state index is 0.182. The Morgan fingerprint density at radius 1 is 1.10 bits per heavy atom. The van der Waals surface area contributed by atoms with Gasteiger partial charge in [-0.15, -0.1) is 0 Å². The quantitative estimate of drug-likeness (QED) is 0.810. The lowest BCUT2D eigenvalue weighted by Crippen LogP contribution is -2.51. The van der Waals surface area contributed by atoms with Crippen molar-refractivity contribution in [1.82, 2.24) is 19.8 Å². The number of piperazine rings is 1. The van der Waals surface area contributed by atoms with E-state index in [0.717, 1.165) is 12.8 Å². The molecule has 2 aliphatic rings. The lowest BCUT2D eigenvalue weighted by atomic mass is 10.2. The van der Waals surface area contributed by atoms with Crippen LogP contribution in [0, 0.1) is 5.92 Å². The first-order chi connectivity index (χ1) is 9.65. The van der Waals surface area contributed by atoms with E-state index in [4.69, 9.17) is 11.6 Å². The van der Waals surface area contributed by atoms with E-state index in [-0.39, 0.29) is 28.6 Å². The van der Waals surface area contributed by atoms with E-state index >= 15 is 0 Å². The van der Waals surface area contributed by atoms with Crippen LogP contribution in [0.4, 0.5) is 0 Å². The molecule has 0 aromatic carbocycles. The molecule has 0 bridgehead atoms. The first-order valence-electron chi connectivity index (χ1n) is 6.71. The average molecular weight is 295 g/mol. The molecule has 0 radical (unpaired) electrons.